The van der Waals surface area contributed by atoms with Crippen LogP contribution in [0.5, 0.6) is 23.0 Å². The molecule has 0 aliphatic carbocycles. The molecular weight excluding hydrogens is 408 g/mol. The number of carbonyl (C=O) groups excluding carboxylic acids is 1. The molecule has 0 aliphatic heterocycles. The van der Waals surface area contributed by atoms with Gasteiger partial charge in [-0.25, -0.2) is 0 Å². The van der Waals surface area contributed by atoms with Crippen LogP contribution < -0.4 is 24.3 Å². The second kappa shape index (κ2) is 10.4. The predicted molar refractivity (Wildman–Crippen MR) is 116 cm³/mol. The Labute approximate surface area is 180 Å². The van der Waals surface area contributed by atoms with Crippen LogP contribution in [0, 0.1) is 11.3 Å². The number of nitriles is 1. The Morgan fingerprint density at radius 1 is 1.03 bits per heavy atom. The summed E-state index contributed by atoms with van der Waals surface area (Å²) in [5, 5.41) is 12.5. The van der Waals surface area contributed by atoms with Gasteiger partial charge in [-0.2, -0.15) is 5.26 Å². The monoisotopic (exact) mass is 430 g/mol. The van der Waals surface area contributed by atoms with E-state index in [1.54, 1.807) is 18.2 Å². The zero-order valence-corrected chi connectivity index (χ0v) is 18.2. The molecule has 0 heterocycles. The number of nitrogens with zero attached hydrogens (tertiary/aromatic N) is 1. The molecule has 158 valence electrons. The summed E-state index contributed by atoms with van der Waals surface area (Å²) in [5.41, 5.74) is 0.823. The summed E-state index contributed by atoms with van der Waals surface area (Å²) in [4.78, 5) is 12.7. The Morgan fingerprint density at radius 2 is 1.70 bits per heavy atom. The lowest BCUT2D eigenvalue weighted by Gasteiger charge is -2.14. The molecule has 7 nitrogen and oxygen atoms in total. The summed E-state index contributed by atoms with van der Waals surface area (Å²) >= 11 is 6.08. The van der Waals surface area contributed by atoms with E-state index in [1.165, 1.54) is 39.5 Å². The lowest BCUT2D eigenvalue weighted by atomic mass is 10.1. The second-order valence-corrected chi connectivity index (χ2v) is 6.80. The van der Waals surface area contributed by atoms with E-state index < -0.39 is 5.91 Å². The van der Waals surface area contributed by atoms with E-state index in [4.69, 9.17) is 30.5 Å². The van der Waals surface area contributed by atoms with Crippen molar-refractivity contribution in [1.82, 2.24) is 0 Å². The fourth-order valence-corrected chi connectivity index (χ4v) is 2.82. The number of benzene rings is 2. The number of methoxy groups -OCH3 is 3. The molecule has 0 aliphatic rings. The SMILES string of the molecule is COc1cc(NC(=O)/C(C#N)=C/c2ccc(OC(C)C)c(OC)c2)c(OC)cc1Cl. The number of hydrogen-bond acceptors (Lipinski definition) is 6. The molecule has 0 fully saturated rings. The first-order chi connectivity index (χ1) is 14.3. The molecule has 0 atom stereocenters. The highest BCUT2D eigenvalue weighted by molar-refractivity contribution is 6.32. The first-order valence-corrected chi connectivity index (χ1v) is 9.40. The van der Waals surface area contributed by atoms with Crippen LogP contribution in [0.15, 0.2) is 35.9 Å². The van der Waals surface area contributed by atoms with Crippen molar-refractivity contribution in [2.24, 2.45) is 0 Å². The van der Waals surface area contributed by atoms with Crippen molar-refractivity contribution in [3.05, 3.63) is 46.5 Å². The predicted octanol–water partition coefficient (Wildman–Crippen LogP) is 4.70. The number of nitrogens with one attached hydrogen (secondary N) is 1. The van der Waals surface area contributed by atoms with Crippen LogP contribution >= 0.6 is 11.6 Å². The zero-order chi connectivity index (χ0) is 22.3. The summed E-state index contributed by atoms with van der Waals surface area (Å²) in [6.07, 6.45) is 1.43. The van der Waals surface area contributed by atoms with E-state index in [0.29, 0.717) is 39.3 Å². The summed E-state index contributed by atoms with van der Waals surface area (Å²) in [6.45, 7) is 3.82. The van der Waals surface area contributed by atoms with Gasteiger partial charge >= 0.3 is 0 Å². The number of hydrogen-bond donors (Lipinski definition) is 1. The number of rotatable bonds is 8. The smallest absolute Gasteiger partial charge is 0.266 e. The topological polar surface area (TPSA) is 89.8 Å². The zero-order valence-electron chi connectivity index (χ0n) is 17.4. The minimum absolute atomic E-state index is 0.0212. The third-order valence-corrected chi connectivity index (χ3v) is 4.24. The van der Waals surface area contributed by atoms with Crippen molar-refractivity contribution in [2.75, 3.05) is 26.6 Å². The van der Waals surface area contributed by atoms with Gasteiger partial charge in [0.15, 0.2) is 11.5 Å². The van der Waals surface area contributed by atoms with Crippen molar-refractivity contribution in [2.45, 2.75) is 20.0 Å². The maximum Gasteiger partial charge on any atom is 0.266 e. The summed E-state index contributed by atoms with van der Waals surface area (Å²) in [5.74, 6) is 1.16. The summed E-state index contributed by atoms with van der Waals surface area (Å²) < 4.78 is 21.4. The normalized spacial score (nSPS) is 10.9. The molecule has 0 unspecified atom stereocenters. The van der Waals surface area contributed by atoms with E-state index in [0.717, 1.165) is 0 Å². The van der Waals surface area contributed by atoms with Gasteiger partial charge in [0.25, 0.3) is 5.91 Å². The van der Waals surface area contributed by atoms with Crippen LogP contribution in [0.1, 0.15) is 19.4 Å². The highest BCUT2D eigenvalue weighted by atomic mass is 35.5. The molecule has 0 radical (unpaired) electrons. The van der Waals surface area contributed by atoms with Gasteiger partial charge in [-0.3, -0.25) is 4.79 Å². The lowest BCUT2D eigenvalue weighted by Crippen LogP contribution is -2.14. The van der Waals surface area contributed by atoms with E-state index in [9.17, 15) is 10.1 Å². The first kappa shape index (κ1) is 22.9. The Bertz CT molecular complexity index is 996. The van der Waals surface area contributed by atoms with Gasteiger partial charge in [0.05, 0.1) is 38.1 Å². The van der Waals surface area contributed by atoms with Crippen LogP contribution in [-0.2, 0) is 4.79 Å². The third-order valence-electron chi connectivity index (χ3n) is 3.95. The molecule has 0 saturated heterocycles. The highest BCUT2D eigenvalue weighted by Gasteiger charge is 2.16. The highest BCUT2D eigenvalue weighted by Crippen LogP contribution is 2.36. The van der Waals surface area contributed by atoms with Crippen molar-refractivity contribution >= 4 is 29.3 Å². The Balaban J connectivity index is 2.33. The standard InChI is InChI=1S/C22H23ClN2O5/c1-13(2)30-18-7-6-14(9-21(18)29-5)8-15(12-24)22(26)25-17-11-19(27-3)16(23)10-20(17)28-4/h6-11,13H,1-5H3,(H,25,26)/b15-8+. The number of halogens is 1. The quantitative estimate of drug-likeness (QED) is 0.482. The van der Waals surface area contributed by atoms with E-state index in [-0.39, 0.29) is 11.7 Å². The molecule has 0 bridgehead atoms. The molecule has 2 aromatic rings. The van der Waals surface area contributed by atoms with Gasteiger partial charge in [-0.05, 0) is 37.6 Å². The third kappa shape index (κ3) is 5.58. The van der Waals surface area contributed by atoms with E-state index >= 15 is 0 Å². The molecule has 2 rings (SSSR count). The molecule has 1 amide bonds. The molecule has 8 heteroatoms. The molecule has 0 saturated carbocycles. The maximum absolute atomic E-state index is 12.7. The Kier molecular flexibility index (Phi) is 7.96. The Hall–Kier alpha value is -3.37. The fourth-order valence-electron chi connectivity index (χ4n) is 2.59. The second-order valence-electron chi connectivity index (χ2n) is 6.39. The van der Waals surface area contributed by atoms with Gasteiger partial charge in [0.1, 0.15) is 23.1 Å². The van der Waals surface area contributed by atoms with E-state index in [2.05, 4.69) is 5.32 Å². The van der Waals surface area contributed by atoms with Gasteiger partial charge in [0, 0.05) is 12.1 Å². The van der Waals surface area contributed by atoms with Crippen LogP contribution in [0.4, 0.5) is 5.69 Å². The lowest BCUT2D eigenvalue weighted by molar-refractivity contribution is -0.112. The fraction of sp³-hybridized carbons (Fsp3) is 0.273. The summed E-state index contributed by atoms with van der Waals surface area (Å²) in [7, 11) is 4.43. The van der Waals surface area contributed by atoms with E-state index in [1.807, 2.05) is 19.9 Å². The molecule has 2 aromatic carbocycles. The minimum atomic E-state index is -0.610. The number of carbonyl (C=O) groups is 1. The number of amides is 1. The first-order valence-electron chi connectivity index (χ1n) is 9.02. The maximum atomic E-state index is 12.7. The van der Waals surface area contributed by atoms with Gasteiger partial charge < -0.3 is 24.3 Å². The van der Waals surface area contributed by atoms with Gasteiger partial charge in [-0.1, -0.05) is 17.7 Å². The Morgan fingerprint density at radius 3 is 2.27 bits per heavy atom. The van der Waals surface area contributed by atoms with Crippen molar-refractivity contribution in [3.8, 4) is 29.1 Å². The van der Waals surface area contributed by atoms with Gasteiger partial charge in [-0.15, -0.1) is 0 Å². The molecule has 0 aromatic heterocycles. The number of ether oxygens (including phenoxy) is 4. The van der Waals surface area contributed by atoms with Crippen molar-refractivity contribution < 1.29 is 23.7 Å². The van der Waals surface area contributed by atoms with Crippen molar-refractivity contribution in [1.29, 1.82) is 5.26 Å². The van der Waals surface area contributed by atoms with Crippen molar-refractivity contribution in [3.63, 3.8) is 0 Å². The molecule has 1 N–H and O–H groups in total. The summed E-state index contributed by atoms with van der Waals surface area (Å²) in [6, 6.07) is 10.1. The van der Waals surface area contributed by atoms with Gasteiger partial charge in [0.2, 0.25) is 0 Å². The van der Waals surface area contributed by atoms with Crippen LogP contribution in [0.3, 0.4) is 0 Å². The molecular formula is C22H23ClN2O5. The minimum Gasteiger partial charge on any atom is -0.495 e. The molecule has 30 heavy (non-hydrogen) atoms. The molecule has 0 spiro atoms. The average Bonchev–Trinajstić information content (AvgIpc) is 2.73. The van der Waals surface area contributed by atoms with Crippen LogP contribution in [-0.4, -0.2) is 33.3 Å². The van der Waals surface area contributed by atoms with Crippen LogP contribution in [0.2, 0.25) is 5.02 Å². The largest absolute Gasteiger partial charge is 0.495 e. The average molecular weight is 431 g/mol. The number of anilines is 1. The van der Waals surface area contributed by atoms with Crippen LogP contribution in [0.25, 0.3) is 6.08 Å².